The van der Waals surface area contributed by atoms with E-state index in [1.807, 2.05) is 48.5 Å². The SMILES string of the molecule is COc1ccccc1Cn1c2ccccc2c2c(C(N)=O)cccc21. The van der Waals surface area contributed by atoms with Crippen molar-refractivity contribution >= 4 is 27.7 Å². The van der Waals surface area contributed by atoms with E-state index in [9.17, 15) is 4.79 Å². The second-order valence-corrected chi connectivity index (χ2v) is 5.98. The minimum atomic E-state index is -0.411. The smallest absolute Gasteiger partial charge is 0.249 e. The molecular weight excluding hydrogens is 312 g/mol. The lowest BCUT2D eigenvalue weighted by atomic mass is 10.1. The molecule has 0 saturated carbocycles. The number of amides is 1. The third kappa shape index (κ3) is 2.43. The monoisotopic (exact) mass is 330 g/mol. The van der Waals surface area contributed by atoms with Crippen molar-refractivity contribution in [3.63, 3.8) is 0 Å². The first kappa shape index (κ1) is 15.3. The fourth-order valence-corrected chi connectivity index (χ4v) is 3.48. The van der Waals surface area contributed by atoms with Gasteiger partial charge < -0.3 is 15.0 Å². The largest absolute Gasteiger partial charge is 0.496 e. The molecule has 4 nitrogen and oxygen atoms in total. The van der Waals surface area contributed by atoms with Gasteiger partial charge in [-0.1, -0.05) is 42.5 Å². The molecule has 0 atom stereocenters. The van der Waals surface area contributed by atoms with E-state index in [2.05, 4.69) is 16.7 Å². The van der Waals surface area contributed by atoms with E-state index in [1.54, 1.807) is 13.2 Å². The van der Waals surface area contributed by atoms with Gasteiger partial charge in [0.15, 0.2) is 0 Å². The topological polar surface area (TPSA) is 57.2 Å². The van der Waals surface area contributed by atoms with E-state index in [4.69, 9.17) is 10.5 Å². The Hall–Kier alpha value is -3.27. The quantitative estimate of drug-likeness (QED) is 0.616. The number of fused-ring (bicyclic) bond motifs is 3. The number of nitrogens with zero attached hydrogens (tertiary/aromatic N) is 1. The standard InChI is InChI=1S/C21H18N2O2/c1-25-19-12-5-2-7-14(19)13-23-17-10-4-3-8-15(17)20-16(21(22)24)9-6-11-18(20)23/h2-12H,13H2,1H3,(H2,22,24). The Bertz CT molecular complexity index is 1100. The molecule has 3 aromatic carbocycles. The van der Waals surface area contributed by atoms with Crippen molar-refractivity contribution in [2.75, 3.05) is 7.11 Å². The average molecular weight is 330 g/mol. The lowest BCUT2D eigenvalue weighted by Crippen LogP contribution is -2.11. The third-order valence-corrected chi connectivity index (χ3v) is 4.58. The van der Waals surface area contributed by atoms with E-state index in [0.717, 1.165) is 33.1 Å². The molecule has 0 spiro atoms. The van der Waals surface area contributed by atoms with Crippen LogP contribution in [0.2, 0.25) is 0 Å². The summed E-state index contributed by atoms with van der Waals surface area (Å²) < 4.78 is 7.70. The molecule has 2 N–H and O–H groups in total. The van der Waals surface area contributed by atoms with Crippen molar-refractivity contribution in [1.82, 2.24) is 4.57 Å². The van der Waals surface area contributed by atoms with Crippen LogP contribution in [0.15, 0.2) is 66.7 Å². The Morgan fingerprint density at radius 2 is 1.68 bits per heavy atom. The van der Waals surface area contributed by atoms with Gasteiger partial charge in [0.25, 0.3) is 0 Å². The number of hydrogen-bond acceptors (Lipinski definition) is 2. The highest BCUT2D eigenvalue weighted by atomic mass is 16.5. The molecule has 4 heteroatoms. The zero-order valence-electron chi connectivity index (χ0n) is 13.9. The third-order valence-electron chi connectivity index (χ3n) is 4.58. The Balaban J connectivity index is 2.03. The fourth-order valence-electron chi connectivity index (χ4n) is 3.48. The summed E-state index contributed by atoms with van der Waals surface area (Å²) in [6, 6.07) is 21.7. The molecule has 0 unspecified atom stereocenters. The van der Waals surface area contributed by atoms with Gasteiger partial charge in [0.2, 0.25) is 5.91 Å². The molecule has 0 bridgehead atoms. The van der Waals surface area contributed by atoms with E-state index in [0.29, 0.717) is 12.1 Å². The van der Waals surface area contributed by atoms with Gasteiger partial charge in [0.05, 0.1) is 19.2 Å². The van der Waals surface area contributed by atoms with Crippen LogP contribution in [0, 0.1) is 0 Å². The molecule has 1 aromatic heterocycles. The summed E-state index contributed by atoms with van der Waals surface area (Å²) in [5.74, 6) is 0.435. The molecule has 124 valence electrons. The van der Waals surface area contributed by atoms with Crippen molar-refractivity contribution < 1.29 is 9.53 Å². The number of carbonyl (C=O) groups excluding carboxylic acids is 1. The van der Waals surface area contributed by atoms with Gasteiger partial charge in [-0.05, 0) is 24.3 Å². The number of nitrogens with two attached hydrogens (primary N) is 1. The summed E-state index contributed by atoms with van der Waals surface area (Å²) in [6.45, 7) is 0.649. The second-order valence-electron chi connectivity index (χ2n) is 5.98. The highest BCUT2D eigenvalue weighted by molar-refractivity contribution is 6.17. The molecule has 0 aliphatic carbocycles. The predicted molar refractivity (Wildman–Crippen MR) is 100 cm³/mol. The number of hydrogen-bond donors (Lipinski definition) is 1. The number of ether oxygens (including phenoxy) is 1. The summed E-state index contributed by atoms with van der Waals surface area (Å²) in [4.78, 5) is 11.9. The molecule has 25 heavy (non-hydrogen) atoms. The van der Waals surface area contributed by atoms with Crippen molar-refractivity contribution in [1.29, 1.82) is 0 Å². The van der Waals surface area contributed by atoms with Crippen LogP contribution in [0.4, 0.5) is 0 Å². The molecule has 4 aromatic rings. The van der Waals surface area contributed by atoms with Crippen LogP contribution in [0.5, 0.6) is 5.75 Å². The molecule has 1 heterocycles. The Labute approximate surface area is 145 Å². The number of rotatable bonds is 4. The minimum absolute atomic E-state index is 0.411. The number of carbonyl (C=O) groups is 1. The minimum Gasteiger partial charge on any atom is -0.496 e. The Morgan fingerprint density at radius 3 is 2.48 bits per heavy atom. The van der Waals surface area contributed by atoms with Gasteiger partial charge in [-0.25, -0.2) is 0 Å². The van der Waals surface area contributed by atoms with Crippen LogP contribution in [0.3, 0.4) is 0 Å². The highest BCUT2D eigenvalue weighted by Crippen LogP contribution is 2.33. The van der Waals surface area contributed by atoms with Crippen molar-refractivity contribution in [2.45, 2.75) is 6.54 Å². The molecule has 0 saturated heterocycles. The lowest BCUT2D eigenvalue weighted by molar-refractivity contribution is 0.100. The first-order valence-corrected chi connectivity index (χ1v) is 8.12. The number of para-hydroxylation sites is 2. The van der Waals surface area contributed by atoms with Gasteiger partial charge in [-0.15, -0.1) is 0 Å². The first-order valence-electron chi connectivity index (χ1n) is 8.12. The van der Waals surface area contributed by atoms with Crippen LogP contribution in [-0.2, 0) is 6.54 Å². The average Bonchev–Trinajstić information content (AvgIpc) is 2.96. The Morgan fingerprint density at radius 1 is 0.960 bits per heavy atom. The molecule has 4 rings (SSSR count). The normalized spacial score (nSPS) is 11.1. The first-order chi connectivity index (χ1) is 12.2. The van der Waals surface area contributed by atoms with Gasteiger partial charge in [0, 0.05) is 27.4 Å². The second kappa shape index (κ2) is 5.98. The Kier molecular flexibility index (Phi) is 3.65. The van der Waals surface area contributed by atoms with Crippen LogP contribution in [0.1, 0.15) is 15.9 Å². The lowest BCUT2D eigenvalue weighted by Gasteiger charge is -2.11. The van der Waals surface area contributed by atoms with E-state index in [-0.39, 0.29) is 0 Å². The maximum atomic E-state index is 11.9. The van der Waals surface area contributed by atoms with E-state index in [1.165, 1.54) is 0 Å². The zero-order chi connectivity index (χ0) is 17.4. The molecular formula is C21H18N2O2. The van der Waals surface area contributed by atoms with E-state index >= 15 is 0 Å². The van der Waals surface area contributed by atoms with Gasteiger partial charge >= 0.3 is 0 Å². The van der Waals surface area contributed by atoms with E-state index < -0.39 is 5.91 Å². The van der Waals surface area contributed by atoms with Crippen LogP contribution >= 0.6 is 0 Å². The molecule has 0 radical (unpaired) electrons. The summed E-state index contributed by atoms with van der Waals surface area (Å²) in [5, 5.41) is 1.93. The summed E-state index contributed by atoms with van der Waals surface area (Å²) in [5.41, 5.74) is 9.30. The molecule has 0 aliphatic heterocycles. The van der Waals surface area contributed by atoms with Crippen LogP contribution < -0.4 is 10.5 Å². The summed E-state index contributed by atoms with van der Waals surface area (Å²) in [6.07, 6.45) is 0. The number of benzene rings is 3. The van der Waals surface area contributed by atoms with Crippen LogP contribution in [0.25, 0.3) is 21.8 Å². The molecule has 0 aliphatic rings. The van der Waals surface area contributed by atoms with Crippen molar-refractivity contribution in [3.05, 3.63) is 77.9 Å². The maximum absolute atomic E-state index is 11.9. The summed E-state index contributed by atoms with van der Waals surface area (Å²) >= 11 is 0. The fraction of sp³-hybridized carbons (Fsp3) is 0.0952. The maximum Gasteiger partial charge on any atom is 0.249 e. The zero-order valence-corrected chi connectivity index (χ0v) is 13.9. The molecule has 0 fully saturated rings. The summed E-state index contributed by atoms with van der Waals surface area (Å²) in [7, 11) is 1.68. The number of primary amides is 1. The van der Waals surface area contributed by atoms with Crippen molar-refractivity contribution in [2.24, 2.45) is 5.73 Å². The number of methoxy groups -OCH3 is 1. The van der Waals surface area contributed by atoms with Crippen LogP contribution in [-0.4, -0.2) is 17.6 Å². The number of aromatic nitrogens is 1. The van der Waals surface area contributed by atoms with Crippen molar-refractivity contribution in [3.8, 4) is 5.75 Å². The molecule has 1 amide bonds. The van der Waals surface area contributed by atoms with Gasteiger partial charge in [0.1, 0.15) is 5.75 Å². The predicted octanol–water partition coefficient (Wildman–Crippen LogP) is 3.95. The van der Waals surface area contributed by atoms with Gasteiger partial charge in [-0.2, -0.15) is 0 Å². The van der Waals surface area contributed by atoms with Gasteiger partial charge in [-0.3, -0.25) is 4.79 Å². The highest BCUT2D eigenvalue weighted by Gasteiger charge is 2.16.